The van der Waals surface area contributed by atoms with Crippen LogP contribution in [-0.2, 0) is 0 Å². The van der Waals surface area contributed by atoms with Crippen molar-refractivity contribution in [3.63, 3.8) is 0 Å². The predicted molar refractivity (Wildman–Crippen MR) is 72.2 cm³/mol. The lowest BCUT2D eigenvalue weighted by Crippen LogP contribution is -2.03. The summed E-state index contributed by atoms with van der Waals surface area (Å²) >= 11 is 1.48. The van der Waals surface area contributed by atoms with Crippen LogP contribution in [0.15, 0.2) is 41.5 Å². The summed E-state index contributed by atoms with van der Waals surface area (Å²) in [6, 6.07) is 9.58. The summed E-state index contributed by atoms with van der Waals surface area (Å²) in [4.78, 5) is 20.1. The highest BCUT2D eigenvalue weighted by Crippen LogP contribution is 2.36. The second-order valence-corrected chi connectivity index (χ2v) is 4.79. The Morgan fingerprint density at radius 3 is 2.94 bits per heavy atom. The quantitative estimate of drug-likeness (QED) is 0.768. The number of rotatable bonds is 2. The predicted octanol–water partition coefficient (Wildman–Crippen LogP) is 2.66. The van der Waals surface area contributed by atoms with Crippen molar-refractivity contribution in [2.24, 2.45) is 0 Å². The smallest absolute Gasteiger partial charge is 0.259 e. The third-order valence-corrected chi connectivity index (χ3v) is 3.78. The third-order valence-electron chi connectivity index (χ3n) is 2.71. The van der Waals surface area contributed by atoms with Gasteiger partial charge in [-0.05, 0) is 18.2 Å². The Morgan fingerprint density at radius 1 is 1.33 bits per heavy atom. The van der Waals surface area contributed by atoms with Crippen molar-refractivity contribution in [3.05, 3.63) is 47.0 Å². The lowest BCUT2D eigenvalue weighted by Gasteiger charge is -2.04. The van der Waals surface area contributed by atoms with Gasteiger partial charge in [0.2, 0.25) is 0 Å². The third kappa shape index (κ3) is 1.69. The average molecular weight is 258 g/mol. The Bertz CT molecular complexity index is 761. The molecule has 4 nitrogen and oxygen atoms in total. The number of H-pyrrole nitrogens is 1. The molecule has 3 rings (SSSR count). The molecule has 1 aromatic carbocycles. The van der Waals surface area contributed by atoms with Crippen LogP contribution in [0.3, 0.4) is 0 Å². The molecular weight excluding hydrogens is 248 g/mol. The fraction of sp³-hybridized carbons (Fsp3) is 0.0769. The Hall–Kier alpha value is -2.14. The van der Waals surface area contributed by atoms with Crippen molar-refractivity contribution >= 4 is 21.6 Å². The van der Waals surface area contributed by atoms with Crippen LogP contribution in [0.25, 0.3) is 20.7 Å². The van der Waals surface area contributed by atoms with E-state index >= 15 is 0 Å². The van der Waals surface area contributed by atoms with E-state index < -0.39 is 0 Å². The van der Waals surface area contributed by atoms with Gasteiger partial charge in [-0.15, -0.1) is 11.3 Å². The van der Waals surface area contributed by atoms with Crippen LogP contribution in [0.5, 0.6) is 5.75 Å². The van der Waals surface area contributed by atoms with Crippen molar-refractivity contribution < 1.29 is 4.74 Å². The Labute approximate surface area is 107 Å². The summed E-state index contributed by atoms with van der Waals surface area (Å²) in [5.41, 5.74) is 0.861. The molecule has 3 aromatic rings. The highest BCUT2D eigenvalue weighted by atomic mass is 32.1. The molecule has 0 radical (unpaired) electrons. The van der Waals surface area contributed by atoms with Crippen LogP contribution in [0, 0.1) is 0 Å². The van der Waals surface area contributed by atoms with Crippen molar-refractivity contribution in [2.45, 2.75) is 0 Å². The van der Waals surface area contributed by atoms with Gasteiger partial charge in [-0.3, -0.25) is 4.79 Å². The molecule has 0 saturated carbocycles. The van der Waals surface area contributed by atoms with Gasteiger partial charge < -0.3 is 9.72 Å². The fourth-order valence-electron chi connectivity index (χ4n) is 1.85. The monoisotopic (exact) mass is 258 g/mol. The summed E-state index contributed by atoms with van der Waals surface area (Å²) in [5, 5.41) is 0.614. The molecule has 0 amide bonds. The number of fused-ring (bicyclic) bond motifs is 1. The van der Waals surface area contributed by atoms with Crippen molar-refractivity contribution in [1.29, 1.82) is 0 Å². The SMILES string of the molecule is COc1ccccc1-c1cc2c(=O)[nH]cnc2s1. The second-order valence-electron chi connectivity index (χ2n) is 3.76. The first-order valence-corrected chi connectivity index (χ1v) is 6.22. The Balaban J connectivity index is 2.26. The number of benzene rings is 1. The van der Waals surface area contributed by atoms with Gasteiger partial charge in [-0.25, -0.2) is 4.98 Å². The van der Waals surface area contributed by atoms with Crippen LogP contribution in [-0.4, -0.2) is 17.1 Å². The highest BCUT2D eigenvalue weighted by Gasteiger charge is 2.11. The van der Waals surface area contributed by atoms with Crippen LogP contribution >= 0.6 is 11.3 Å². The average Bonchev–Trinajstić information content (AvgIpc) is 2.84. The van der Waals surface area contributed by atoms with E-state index in [9.17, 15) is 4.79 Å². The summed E-state index contributed by atoms with van der Waals surface area (Å²) < 4.78 is 5.33. The van der Waals surface area contributed by atoms with Gasteiger partial charge in [-0.2, -0.15) is 0 Å². The second kappa shape index (κ2) is 4.27. The number of nitrogens with one attached hydrogen (secondary N) is 1. The molecule has 0 aliphatic heterocycles. The normalized spacial score (nSPS) is 10.7. The van der Waals surface area contributed by atoms with Gasteiger partial charge in [0.1, 0.15) is 10.6 Å². The van der Waals surface area contributed by atoms with Crippen molar-refractivity contribution in [2.75, 3.05) is 7.11 Å². The summed E-state index contributed by atoms with van der Waals surface area (Å²) in [6.45, 7) is 0. The molecule has 5 heteroatoms. The molecule has 90 valence electrons. The molecule has 0 aliphatic carbocycles. The molecule has 0 unspecified atom stereocenters. The molecule has 0 bridgehead atoms. The van der Waals surface area contributed by atoms with Gasteiger partial charge in [0, 0.05) is 10.4 Å². The number of para-hydroxylation sites is 1. The number of aromatic amines is 1. The van der Waals surface area contributed by atoms with Gasteiger partial charge in [0.25, 0.3) is 5.56 Å². The summed E-state index contributed by atoms with van der Waals surface area (Å²) in [5.74, 6) is 0.792. The van der Waals surface area contributed by atoms with E-state index in [0.29, 0.717) is 5.39 Å². The topological polar surface area (TPSA) is 55.0 Å². The van der Waals surface area contributed by atoms with E-state index in [1.165, 1.54) is 17.7 Å². The first-order valence-electron chi connectivity index (χ1n) is 5.40. The molecule has 18 heavy (non-hydrogen) atoms. The minimum absolute atomic E-state index is 0.114. The molecule has 0 atom stereocenters. The number of nitrogens with zero attached hydrogens (tertiary/aromatic N) is 1. The number of hydrogen-bond donors (Lipinski definition) is 1. The van der Waals surface area contributed by atoms with E-state index in [1.54, 1.807) is 7.11 Å². The Morgan fingerprint density at radius 2 is 2.17 bits per heavy atom. The van der Waals surface area contributed by atoms with E-state index in [-0.39, 0.29) is 5.56 Å². The number of ether oxygens (including phenoxy) is 1. The molecular formula is C13H10N2O2S. The molecule has 0 fully saturated rings. The molecule has 0 aliphatic rings. The zero-order chi connectivity index (χ0) is 12.5. The molecule has 0 saturated heterocycles. The van der Waals surface area contributed by atoms with Crippen LogP contribution < -0.4 is 10.3 Å². The number of thiophene rings is 1. The maximum Gasteiger partial charge on any atom is 0.259 e. The van der Waals surface area contributed by atoms with Crippen molar-refractivity contribution in [3.8, 4) is 16.2 Å². The lowest BCUT2D eigenvalue weighted by atomic mass is 10.1. The van der Waals surface area contributed by atoms with Gasteiger partial charge >= 0.3 is 0 Å². The minimum atomic E-state index is -0.114. The standard InChI is InChI=1S/C13H10N2O2S/c1-17-10-5-3-2-4-8(10)11-6-9-12(16)14-7-15-13(9)18-11/h2-7H,1H3,(H,14,15,16). The highest BCUT2D eigenvalue weighted by molar-refractivity contribution is 7.21. The molecule has 0 spiro atoms. The van der Waals surface area contributed by atoms with Crippen LogP contribution in [0.2, 0.25) is 0 Å². The first kappa shape index (κ1) is 11.0. The summed E-state index contributed by atoms with van der Waals surface area (Å²) in [7, 11) is 1.64. The number of methoxy groups -OCH3 is 1. The van der Waals surface area contributed by atoms with Crippen LogP contribution in [0.4, 0.5) is 0 Å². The minimum Gasteiger partial charge on any atom is -0.496 e. The number of hydrogen-bond acceptors (Lipinski definition) is 4. The van der Waals surface area contributed by atoms with Gasteiger partial charge in [0.15, 0.2) is 0 Å². The van der Waals surface area contributed by atoms with E-state index in [2.05, 4.69) is 9.97 Å². The molecule has 2 aromatic heterocycles. The zero-order valence-corrected chi connectivity index (χ0v) is 10.5. The van der Waals surface area contributed by atoms with Crippen molar-refractivity contribution in [1.82, 2.24) is 9.97 Å². The maximum atomic E-state index is 11.7. The molecule has 2 heterocycles. The van der Waals surface area contributed by atoms with E-state index in [1.807, 2.05) is 30.3 Å². The van der Waals surface area contributed by atoms with E-state index in [0.717, 1.165) is 21.0 Å². The first-order chi connectivity index (χ1) is 8.79. The van der Waals surface area contributed by atoms with Gasteiger partial charge in [-0.1, -0.05) is 12.1 Å². The fourth-order valence-corrected chi connectivity index (χ4v) is 2.88. The summed E-state index contributed by atoms with van der Waals surface area (Å²) in [6.07, 6.45) is 1.42. The van der Waals surface area contributed by atoms with Gasteiger partial charge in [0.05, 0.1) is 18.8 Å². The lowest BCUT2D eigenvalue weighted by molar-refractivity contribution is 0.416. The molecule has 1 N–H and O–H groups in total. The van der Waals surface area contributed by atoms with Crippen LogP contribution in [0.1, 0.15) is 0 Å². The maximum absolute atomic E-state index is 11.7. The number of aromatic nitrogens is 2. The largest absolute Gasteiger partial charge is 0.496 e. The Kier molecular flexibility index (Phi) is 2.60. The van der Waals surface area contributed by atoms with E-state index in [4.69, 9.17) is 4.74 Å². The zero-order valence-electron chi connectivity index (χ0n) is 9.64.